The Hall–Kier alpha value is -2.79. The van der Waals surface area contributed by atoms with Crippen molar-refractivity contribution in [2.75, 3.05) is 19.6 Å². The fourth-order valence-electron chi connectivity index (χ4n) is 4.12. The summed E-state index contributed by atoms with van der Waals surface area (Å²) in [6.07, 6.45) is 4.75. The summed E-state index contributed by atoms with van der Waals surface area (Å²) >= 11 is 0. The standard InChI is InChI=1S/C25H26F2N2O/c1-17(7-10-29-8-3-2-4-9-29)19-5-6-23-20(14-19)15-24(28-23)25(30)13-18-11-21(26)16-22(27)12-18/h5-6,11-12,14-16,28H,1-4,7-10,13H2. The molecule has 1 saturated heterocycles. The van der Waals surface area contributed by atoms with Gasteiger partial charge in [0.2, 0.25) is 0 Å². The van der Waals surface area contributed by atoms with E-state index < -0.39 is 11.6 Å². The smallest absolute Gasteiger partial charge is 0.183 e. The number of aromatic nitrogens is 1. The molecule has 1 aromatic heterocycles. The molecule has 0 unspecified atom stereocenters. The normalized spacial score (nSPS) is 14.9. The number of hydrogen-bond acceptors (Lipinski definition) is 2. The van der Waals surface area contributed by atoms with E-state index in [1.807, 2.05) is 18.2 Å². The molecule has 0 aliphatic carbocycles. The van der Waals surface area contributed by atoms with E-state index in [9.17, 15) is 13.6 Å². The van der Waals surface area contributed by atoms with Gasteiger partial charge in [0.1, 0.15) is 11.6 Å². The summed E-state index contributed by atoms with van der Waals surface area (Å²) in [6.45, 7) is 7.62. The zero-order valence-corrected chi connectivity index (χ0v) is 17.0. The first-order valence-corrected chi connectivity index (χ1v) is 10.5. The third-order valence-corrected chi connectivity index (χ3v) is 5.79. The number of ketones is 1. The first-order valence-electron chi connectivity index (χ1n) is 10.5. The minimum atomic E-state index is -0.679. The van der Waals surface area contributed by atoms with Crippen LogP contribution in [0.25, 0.3) is 16.5 Å². The lowest BCUT2D eigenvalue weighted by atomic mass is 10.0. The van der Waals surface area contributed by atoms with Gasteiger partial charge in [-0.05, 0) is 79.4 Å². The molecule has 2 heterocycles. The van der Waals surface area contributed by atoms with Crippen LogP contribution in [-0.2, 0) is 6.42 Å². The van der Waals surface area contributed by atoms with E-state index in [1.165, 1.54) is 44.5 Å². The van der Waals surface area contributed by atoms with Gasteiger partial charge in [0.05, 0.1) is 5.69 Å². The molecule has 156 valence electrons. The van der Waals surface area contributed by atoms with E-state index >= 15 is 0 Å². The summed E-state index contributed by atoms with van der Waals surface area (Å²) in [5.41, 5.74) is 3.78. The van der Waals surface area contributed by atoms with Crippen molar-refractivity contribution in [2.45, 2.75) is 32.1 Å². The average molecular weight is 408 g/mol. The number of carbonyl (C=O) groups excluding carboxylic acids is 1. The maximum absolute atomic E-state index is 13.4. The highest BCUT2D eigenvalue weighted by molar-refractivity contribution is 6.00. The molecule has 0 bridgehead atoms. The minimum absolute atomic E-state index is 0.0586. The predicted molar refractivity (Wildman–Crippen MR) is 117 cm³/mol. The SMILES string of the molecule is C=C(CCN1CCCCC1)c1ccc2[nH]c(C(=O)Cc3cc(F)cc(F)c3)cc2c1. The number of Topliss-reactive ketones (excluding diaryl/α,β-unsaturated/α-hetero) is 1. The Labute approximate surface area is 175 Å². The lowest BCUT2D eigenvalue weighted by molar-refractivity contribution is 0.0989. The minimum Gasteiger partial charge on any atom is -0.352 e. The van der Waals surface area contributed by atoms with Gasteiger partial charge in [-0.2, -0.15) is 0 Å². The third-order valence-electron chi connectivity index (χ3n) is 5.79. The highest BCUT2D eigenvalue weighted by Crippen LogP contribution is 2.24. The number of benzene rings is 2. The Kier molecular flexibility index (Phi) is 6.09. The zero-order valence-electron chi connectivity index (χ0n) is 17.0. The molecule has 0 amide bonds. The molecule has 1 fully saturated rings. The number of nitrogens with zero attached hydrogens (tertiary/aromatic N) is 1. The summed E-state index contributed by atoms with van der Waals surface area (Å²) < 4.78 is 26.8. The van der Waals surface area contributed by atoms with Gasteiger partial charge in [0.25, 0.3) is 0 Å². The van der Waals surface area contributed by atoms with Crippen molar-refractivity contribution in [2.24, 2.45) is 0 Å². The first kappa shape index (κ1) is 20.5. The van der Waals surface area contributed by atoms with Crippen LogP contribution in [0.2, 0.25) is 0 Å². The van der Waals surface area contributed by atoms with Crippen LogP contribution >= 0.6 is 0 Å². The number of rotatable bonds is 7. The van der Waals surface area contributed by atoms with E-state index in [4.69, 9.17) is 0 Å². The van der Waals surface area contributed by atoms with Crippen LogP contribution in [-0.4, -0.2) is 35.3 Å². The number of fused-ring (bicyclic) bond motifs is 1. The molecule has 0 radical (unpaired) electrons. The molecule has 3 aromatic rings. The van der Waals surface area contributed by atoms with Crippen LogP contribution in [0.1, 0.15) is 47.3 Å². The Morgan fingerprint density at radius 1 is 1.00 bits per heavy atom. The Morgan fingerprint density at radius 2 is 1.73 bits per heavy atom. The Balaban J connectivity index is 1.45. The fourth-order valence-corrected chi connectivity index (χ4v) is 4.12. The second-order valence-corrected chi connectivity index (χ2v) is 8.12. The molecular weight excluding hydrogens is 382 g/mol. The Bertz CT molecular complexity index is 1060. The van der Waals surface area contributed by atoms with E-state index in [0.717, 1.165) is 41.1 Å². The zero-order chi connectivity index (χ0) is 21.1. The van der Waals surface area contributed by atoms with E-state index in [1.54, 1.807) is 6.07 Å². The summed E-state index contributed by atoms with van der Waals surface area (Å²) in [7, 11) is 0. The van der Waals surface area contributed by atoms with E-state index in [-0.39, 0.29) is 12.2 Å². The largest absolute Gasteiger partial charge is 0.352 e. The molecule has 1 aliphatic heterocycles. The number of piperidine rings is 1. The van der Waals surface area contributed by atoms with Crippen LogP contribution < -0.4 is 0 Å². The van der Waals surface area contributed by atoms with Crippen LogP contribution in [0, 0.1) is 11.6 Å². The van der Waals surface area contributed by atoms with Gasteiger partial charge in [-0.15, -0.1) is 0 Å². The van der Waals surface area contributed by atoms with Gasteiger partial charge in [-0.1, -0.05) is 19.1 Å². The van der Waals surface area contributed by atoms with Crippen LogP contribution in [0.4, 0.5) is 8.78 Å². The second kappa shape index (κ2) is 8.92. The average Bonchev–Trinajstić information content (AvgIpc) is 3.15. The molecule has 5 heteroatoms. The van der Waals surface area contributed by atoms with Gasteiger partial charge < -0.3 is 9.88 Å². The number of likely N-dealkylation sites (tertiary alicyclic amines) is 1. The second-order valence-electron chi connectivity index (χ2n) is 8.12. The van der Waals surface area contributed by atoms with Crippen molar-refractivity contribution in [1.82, 2.24) is 9.88 Å². The molecule has 0 spiro atoms. The molecule has 0 atom stereocenters. The van der Waals surface area contributed by atoms with Crippen molar-refractivity contribution < 1.29 is 13.6 Å². The quantitative estimate of drug-likeness (QED) is 0.505. The van der Waals surface area contributed by atoms with Crippen LogP contribution in [0.5, 0.6) is 0 Å². The Morgan fingerprint density at radius 3 is 2.47 bits per heavy atom. The third kappa shape index (κ3) is 4.85. The van der Waals surface area contributed by atoms with Crippen molar-refractivity contribution in [3.63, 3.8) is 0 Å². The molecule has 1 N–H and O–H groups in total. The molecule has 3 nitrogen and oxygen atoms in total. The number of halogens is 2. The van der Waals surface area contributed by atoms with Crippen LogP contribution in [0.15, 0.2) is 49.0 Å². The monoisotopic (exact) mass is 408 g/mol. The molecule has 1 aliphatic rings. The van der Waals surface area contributed by atoms with Gasteiger partial charge in [-0.25, -0.2) is 8.78 Å². The highest BCUT2D eigenvalue weighted by atomic mass is 19.1. The first-order chi connectivity index (χ1) is 14.5. The van der Waals surface area contributed by atoms with Crippen molar-refractivity contribution in [3.05, 3.63) is 77.5 Å². The number of H-pyrrole nitrogens is 1. The van der Waals surface area contributed by atoms with Gasteiger partial charge in [-0.3, -0.25) is 4.79 Å². The van der Waals surface area contributed by atoms with Crippen molar-refractivity contribution >= 4 is 22.3 Å². The molecule has 2 aromatic carbocycles. The topological polar surface area (TPSA) is 36.1 Å². The molecule has 4 rings (SSSR count). The van der Waals surface area contributed by atoms with Crippen molar-refractivity contribution in [3.8, 4) is 0 Å². The molecule has 0 saturated carbocycles. The lowest BCUT2D eigenvalue weighted by Crippen LogP contribution is -2.30. The van der Waals surface area contributed by atoms with Crippen LogP contribution in [0.3, 0.4) is 0 Å². The van der Waals surface area contributed by atoms with Gasteiger partial charge in [0.15, 0.2) is 5.78 Å². The number of nitrogens with one attached hydrogen (secondary N) is 1. The number of aromatic amines is 1. The maximum atomic E-state index is 13.4. The summed E-state index contributed by atoms with van der Waals surface area (Å²) in [5, 5.41) is 0.931. The molecular formula is C25H26F2N2O. The maximum Gasteiger partial charge on any atom is 0.183 e. The fraction of sp³-hybridized carbons (Fsp3) is 0.320. The van der Waals surface area contributed by atoms with Crippen molar-refractivity contribution in [1.29, 1.82) is 0 Å². The summed E-state index contributed by atoms with van der Waals surface area (Å²) in [5.74, 6) is -1.56. The summed E-state index contributed by atoms with van der Waals surface area (Å²) in [6, 6.07) is 11.0. The van der Waals surface area contributed by atoms with E-state index in [0.29, 0.717) is 11.3 Å². The van der Waals surface area contributed by atoms with Gasteiger partial charge >= 0.3 is 0 Å². The molecule has 30 heavy (non-hydrogen) atoms. The lowest BCUT2D eigenvalue weighted by Gasteiger charge is -2.26. The number of hydrogen-bond donors (Lipinski definition) is 1. The highest BCUT2D eigenvalue weighted by Gasteiger charge is 2.14. The number of carbonyl (C=O) groups is 1. The van der Waals surface area contributed by atoms with Gasteiger partial charge in [0, 0.05) is 29.9 Å². The van der Waals surface area contributed by atoms with E-state index in [2.05, 4.69) is 16.5 Å². The summed E-state index contributed by atoms with van der Waals surface area (Å²) in [4.78, 5) is 18.2. The predicted octanol–water partition coefficient (Wildman–Crippen LogP) is 5.76.